The number of hydrogen-bond donors (Lipinski definition) is 2. The molecule has 1 aromatic rings. The molecule has 0 aromatic carbocycles. The van der Waals surface area contributed by atoms with E-state index in [1.807, 2.05) is 12.1 Å². The number of hydrogen-bond acceptors (Lipinski definition) is 3. The first-order valence-electron chi connectivity index (χ1n) is 8.51. The van der Waals surface area contributed by atoms with Gasteiger partial charge in [-0.25, -0.2) is 9.98 Å². The Morgan fingerprint density at radius 2 is 2.17 bits per heavy atom. The fraction of sp³-hybridized carbons (Fsp3) is 0.556. The van der Waals surface area contributed by atoms with Crippen molar-refractivity contribution < 1.29 is 4.74 Å². The average molecular weight is 444 g/mol. The highest BCUT2D eigenvalue weighted by Gasteiger charge is 2.04. The number of allylic oxidation sites excluding steroid dienone is 1. The molecule has 0 saturated carbocycles. The van der Waals surface area contributed by atoms with Gasteiger partial charge in [0.15, 0.2) is 5.96 Å². The van der Waals surface area contributed by atoms with E-state index in [4.69, 9.17) is 4.74 Å². The fourth-order valence-electron chi connectivity index (χ4n) is 2.61. The Balaban J connectivity index is 0.00000288. The molecular formula is C18H29IN4O. The Morgan fingerprint density at radius 3 is 2.79 bits per heavy atom. The number of rotatable bonds is 7. The third kappa shape index (κ3) is 7.51. The average Bonchev–Trinajstić information content (AvgIpc) is 2.61. The van der Waals surface area contributed by atoms with Gasteiger partial charge < -0.3 is 15.4 Å². The maximum atomic E-state index is 5.07. The predicted molar refractivity (Wildman–Crippen MR) is 110 cm³/mol. The van der Waals surface area contributed by atoms with Crippen molar-refractivity contribution in [1.29, 1.82) is 0 Å². The van der Waals surface area contributed by atoms with E-state index in [1.54, 1.807) is 18.9 Å². The standard InChI is InChI=1S/C18H28N4O.HI/c1-3-19-18(20-12-11-15-7-5-4-6-8-15)22-14-16-9-10-17(23-2)21-13-16;/h7,9-10,13H,3-6,8,11-12,14H2,1-2H3,(H2,19,20,22);1H. The summed E-state index contributed by atoms with van der Waals surface area (Å²) < 4.78 is 5.07. The number of aromatic nitrogens is 1. The van der Waals surface area contributed by atoms with Crippen molar-refractivity contribution in [3.8, 4) is 5.88 Å². The van der Waals surface area contributed by atoms with Crippen LogP contribution in [0.2, 0.25) is 0 Å². The Labute approximate surface area is 162 Å². The molecule has 1 aliphatic rings. The van der Waals surface area contributed by atoms with Gasteiger partial charge in [-0.05, 0) is 44.6 Å². The van der Waals surface area contributed by atoms with Crippen molar-refractivity contribution in [1.82, 2.24) is 15.6 Å². The van der Waals surface area contributed by atoms with E-state index in [9.17, 15) is 0 Å². The molecule has 0 bridgehead atoms. The van der Waals surface area contributed by atoms with E-state index in [-0.39, 0.29) is 24.0 Å². The normalized spacial score (nSPS) is 14.4. The Kier molecular flexibility index (Phi) is 10.5. The molecule has 1 heterocycles. The highest BCUT2D eigenvalue weighted by Crippen LogP contribution is 2.19. The Morgan fingerprint density at radius 1 is 1.29 bits per heavy atom. The van der Waals surface area contributed by atoms with Crippen molar-refractivity contribution in [2.24, 2.45) is 4.99 Å². The van der Waals surface area contributed by atoms with Gasteiger partial charge in [0.05, 0.1) is 13.7 Å². The molecule has 6 heteroatoms. The minimum Gasteiger partial charge on any atom is -0.481 e. The largest absolute Gasteiger partial charge is 0.481 e. The lowest BCUT2D eigenvalue weighted by atomic mass is 9.97. The topological polar surface area (TPSA) is 58.5 Å². The summed E-state index contributed by atoms with van der Waals surface area (Å²) in [6.45, 7) is 4.47. The lowest BCUT2D eigenvalue weighted by molar-refractivity contribution is 0.397. The molecule has 0 saturated heterocycles. The summed E-state index contributed by atoms with van der Waals surface area (Å²) >= 11 is 0. The highest BCUT2D eigenvalue weighted by atomic mass is 127. The molecule has 0 spiro atoms. The molecule has 0 aliphatic heterocycles. The fourth-order valence-corrected chi connectivity index (χ4v) is 2.61. The summed E-state index contributed by atoms with van der Waals surface area (Å²) in [7, 11) is 1.62. The van der Waals surface area contributed by atoms with Crippen LogP contribution >= 0.6 is 24.0 Å². The molecule has 0 atom stereocenters. The number of nitrogens with zero attached hydrogens (tertiary/aromatic N) is 2. The van der Waals surface area contributed by atoms with Gasteiger partial charge in [-0.3, -0.25) is 0 Å². The van der Waals surface area contributed by atoms with Crippen LogP contribution in [0.1, 0.15) is 44.6 Å². The van der Waals surface area contributed by atoms with E-state index in [0.29, 0.717) is 12.4 Å². The second-order valence-corrected chi connectivity index (χ2v) is 5.69. The number of nitrogens with one attached hydrogen (secondary N) is 2. The van der Waals surface area contributed by atoms with Crippen LogP contribution in [0.5, 0.6) is 5.88 Å². The number of methoxy groups -OCH3 is 1. The van der Waals surface area contributed by atoms with Gasteiger partial charge in [0.1, 0.15) is 0 Å². The summed E-state index contributed by atoms with van der Waals surface area (Å²) in [6.07, 6.45) is 10.5. The van der Waals surface area contributed by atoms with Crippen LogP contribution in [0, 0.1) is 0 Å². The number of aliphatic imine (C=N–C) groups is 1. The van der Waals surface area contributed by atoms with E-state index in [2.05, 4.69) is 33.6 Å². The molecule has 0 fully saturated rings. The number of guanidine groups is 1. The molecular weight excluding hydrogens is 415 g/mol. The molecule has 5 nitrogen and oxygen atoms in total. The maximum Gasteiger partial charge on any atom is 0.212 e. The van der Waals surface area contributed by atoms with E-state index < -0.39 is 0 Å². The summed E-state index contributed by atoms with van der Waals surface area (Å²) in [6, 6.07) is 3.85. The molecule has 0 unspecified atom stereocenters. The van der Waals surface area contributed by atoms with Crippen molar-refractivity contribution in [2.45, 2.75) is 45.6 Å². The minimum atomic E-state index is 0. The minimum absolute atomic E-state index is 0. The van der Waals surface area contributed by atoms with E-state index in [0.717, 1.165) is 31.0 Å². The van der Waals surface area contributed by atoms with Crippen molar-refractivity contribution in [3.63, 3.8) is 0 Å². The van der Waals surface area contributed by atoms with Gasteiger partial charge >= 0.3 is 0 Å². The first-order chi connectivity index (χ1) is 11.3. The van der Waals surface area contributed by atoms with Crippen LogP contribution in [-0.4, -0.2) is 31.1 Å². The first kappa shape index (κ1) is 20.7. The zero-order chi connectivity index (χ0) is 16.3. The monoisotopic (exact) mass is 444 g/mol. The van der Waals surface area contributed by atoms with Crippen LogP contribution in [0.15, 0.2) is 35.0 Å². The zero-order valence-corrected chi connectivity index (χ0v) is 17.0. The van der Waals surface area contributed by atoms with Crippen LogP contribution in [0.3, 0.4) is 0 Å². The lowest BCUT2D eigenvalue weighted by Gasteiger charge is -2.15. The maximum absolute atomic E-state index is 5.07. The van der Waals surface area contributed by atoms with Gasteiger partial charge in [0.2, 0.25) is 5.88 Å². The number of halogens is 1. The predicted octanol–water partition coefficient (Wildman–Crippen LogP) is 3.65. The van der Waals surface area contributed by atoms with Crippen molar-refractivity contribution in [2.75, 3.05) is 20.2 Å². The highest BCUT2D eigenvalue weighted by molar-refractivity contribution is 14.0. The van der Waals surface area contributed by atoms with Crippen LogP contribution in [0.4, 0.5) is 0 Å². The number of ether oxygens (including phenoxy) is 1. The lowest BCUT2D eigenvalue weighted by Crippen LogP contribution is -2.37. The summed E-state index contributed by atoms with van der Waals surface area (Å²) in [4.78, 5) is 8.82. The Bertz CT molecular complexity index is 528. The van der Waals surface area contributed by atoms with Gasteiger partial charge in [-0.15, -0.1) is 24.0 Å². The van der Waals surface area contributed by atoms with Crippen LogP contribution in [-0.2, 0) is 6.54 Å². The Hall–Kier alpha value is -1.31. The second-order valence-electron chi connectivity index (χ2n) is 5.69. The molecule has 0 amide bonds. The van der Waals surface area contributed by atoms with Crippen LogP contribution in [0.25, 0.3) is 0 Å². The third-order valence-corrected chi connectivity index (χ3v) is 3.89. The van der Waals surface area contributed by atoms with E-state index in [1.165, 1.54) is 25.7 Å². The molecule has 2 N–H and O–H groups in total. The molecule has 2 rings (SSSR count). The summed E-state index contributed by atoms with van der Waals surface area (Å²) in [5.41, 5.74) is 2.65. The molecule has 1 aliphatic carbocycles. The quantitative estimate of drug-likeness (QED) is 0.292. The molecule has 24 heavy (non-hydrogen) atoms. The summed E-state index contributed by atoms with van der Waals surface area (Å²) in [5, 5.41) is 6.70. The molecule has 0 radical (unpaired) electrons. The second kappa shape index (κ2) is 12.1. The van der Waals surface area contributed by atoms with Gasteiger partial charge in [0.25, 0.3) is 0 Å². The van der Waals surface area contributed by atoms with E-state index >= 15 is 0 Å². The van der Waals surface area contributed by atoms with Crippen LogP contribution < -0.4 is 15.4 Å². The number of pyridine rings is 1. The SMILES string of the molecule is CCNC(=NCc1ccc(OC)nc1)NCCC1=CCCCC1.I. The first-order valence-corrected chi connectivity index (χ1v) is 8.51. The van der Waals surface area contributed by atoms with Crippen molar-refractivity contribution >= 4 is 29.9 Å². The van der Waals surface area contributed by atoms with Gasteiger partial charge in [-0.2, -0.15) is 0 Å². The molecule has 1 aromatic heterocycles. The smallest absolute Gasteiger partial charge is 0.212 e. The van der Waals surface area contributed by atoms with Gasteiger partial charge in [-0.1, -0.05) is 17.7 Å². The zero-order valence-electron chi connectivity index (χ0n) is 14.7. The summed E-state index contributed by atoms with van der Waals surface area (Å²) in [5.74, 6) is 1.49. The van der Waals surface area contributed by atoms with Crippen molar-refractivity contribution in [3.05, 3.63) is 35.5 Å². The molecule has 134 valence electrons. The third-order valence-electron chi connectivity index (χ3n) is 3.89. The van der Waals surface area contributed by atoms with Gasteiger partial charge in [0, 0.05) is 25.4 Å².